The topological polar surface area (TPSA) is 127 Å². The van der Waals surface area contributed by atoms with Crippen molar-refractivity contribution < 1.29 is 13.2 Å². The molecule has 0 saturated heterocycles. The average molecular weight is 344 g/mol. The molecule has 0 bridgehead atoms. The van der Waals surface area contributed by atoms with E-state index < -0.39 is 22.0 Å². The molecule has 0 aromatic carbocycles. The van der Waals surface area contributed by atoms with Crippen LogP contribution in [0.2, 0.25) is 0 Å². The van der Waals surface area contributed by atoms with Gasteiger partial charge in [0.1, 0.15) is 0 Å². The van der Waals surface area contributed by atoms with Gasteiger partial charge in [0.2, 0.25) is 26.2 Å². The van der Waals surface area contributed by atoms with Gasteiger partial charge in [0.05, 0.1) is 12.3 Å². The molecule has 0 saturated carbocycles. The van der Waals surface area contributed by atoms with Crippen LogP contribution >= 0.6 is 23.7 Å². The molecular weight excluding hydrogens is 326 g/mol. The van der Waals surface area contributed by atoms with E-state index in [1.807, 2.05) is 20.8 Å². The fourth-order valence-corrected chi connectivity index (χ4v) is 2.53. The van der Waals surface area contributed by atoms with Crippen LogP contribution in [-0.2, 0) is 14.8 Å². The van der Waals surface area contributed by atoms with Crippen LogP contribution in [-0.4, -0.2) is 36.8 Å². The third kappa shape index (κ3) is 5.99. The minimum Gasteiger partial charge on any atom is -0.319 e. The highest BCUT2D eigenvalue weighted by atomic mass is 35.5. The van der Waals surface area contributed by atoms with Gasteiger partial charge in [-0.15, -0.1) is 22.6 Å². The SMILES string of the molecule is CC(C)(C)[C@H](N)C(=O)Nc1nnc(NS(C)(=O)=O)s1.Cl. The van der Waals surface area contributed by atoms with Crippen LogP contribution in [0.25, 0.3) is 0 Å². The van der Waals surface area contributed by atoms with E-state index in [0.29, 0.717) is 0 Å². The normalized spacial score (nSPS) is 13.2. The summed E-state index contributed by atoms with van der Waals surface area (Å²) >= 11 is 0.916. The van der Waals surface area contributed by atoms with Gasteiger partial charge in [0.25, 0.3) is 0 Å². The zero-order valence-corrected chi connectivity index (χ0v) is 13.9. The zero-order chi connectivity index (χ0) is 14.8. The molecular formula is C9H18ClN5O3S2. The Morgan fingerprint density at radius 3 is 2.25 bits per heavy atom. The molecule has 0 fully saturated rings. The number of nitrogens with two attached hydrogens (primary N) is 1. The molecule has 1 atom stereocenters. The molecule has 116 valence electrons. The van der Waals surface area contributed by atoms with Gasteiger partial charge in [0, 0.05) is 0 Å². The highest BCUT2D eigenvalue weighted by Gasteiger charge is 2.28. The van der Waals surface area contributed by atoms with Gasteiger partial charge in [-0.05, 0) is 5.41 Å². The highest BCUT2D eigenvalue weighted by molar-refractivity contribution is 7.92. The maximum Gasteiger partial charge on any atom is 0.243 e. The van der Waals surface area contributed by atoms with Gasteiger partial charge in [0.15, 0.2) is 0 Å². The Labute approximate surface area is 128 Å². The number of hydrogen-bond donors (Lipinski definition) is 3. The second-order valence-corrected chi connectivity index (χ2v) is 7.85. The maximum absolute atomic E-state index is 11.8. The van der Waals surface area contributed by atoms with E-state index in [4.69, 9.17) is 5.73 Å². The Kier molecular flexibility index (Phi) is 6.33. The highest BCUT2D eigenvalue weighted by Crippen LogP contribution is 2.23. The van der Waals surface area contributed by atoms with Crippen molar-refractivity contribution in [3.05, 3.63) is 0 Å². The second-order valence-electron chi connectivity index (χ2n) is 5.12. The number of halogens is 1. The number of aromatic nitrogens is 2. The molecule has 0 spiro atoms. The number of carbonyl (C=O) groups is 1. The minimum atomic E-state index is -3.41. The molecule has 0 unspecified atom stereocenters. The standard InChI is InChI=1S/C9H17N5O3S2.ClH/c1-9(2,3)5(10)6(15)11-7-12-13-8(18-7)14-19(4,16)17;/h5H,10H2,1-4H3,(H,13,14)(H,11,12,15);1H/t5-;/m1./s1. The lowest BCUT2D eigenvalue weighted by atomic mass is 9.87. The first-order chi connectivity index (χ1) is 8.49. The van der Waals surface area contributed by atoms with Crippen molar-refractivity contribution in [3.8, 4) is 0 Å². The number of amides is 1. The molecule has 0 aliphatic heterocycles. The summed E-state index contributed by atoms with van der Waals surface area (Å²) in [5, 5.41) is 10.0. The van der Waals surface area contributed by atoms with E-state index in [2.05, 4.69) is 20.2 Å². The average Bonchev–Trinajstić information content (AvgIpc) is 2.60. The first kappa shape index (κ1) is 19.0. The lowest BCUT2D eigenvalue weighted by Gasteiger charge is -2.25. The Balaban J connectivity index is 0.00000361. The Morgan fingerprint density at radius 2 is 1.80 bits per heavy atom. The van der Waals surface area contributed by atoms with Crippen LogP contribution in [0, 0.1) is 5.41 Å². The summed E-state index contributed by atoms with van der Waals surface area (Å²) < 4.78 is 24.2. The molecule has 20 heavy (non-hydrogen) atoms. The largest absolute Gasteiger partial charge is 0.319 e. The van der Waals surface area contributed by atoms with Crippen molar-refractivity contribution in [2.24, 2.45) is 11.1 Å². The number of hydrogen-bond acceptors (Lipinski definition) is 7. The van der Waals surface area contributed by atoms with Crippen molar-refractivity contribution >= 4 is 49.9 Å². The molecule has 8 nitrogen and oxygen atoms in total. The molecule has 11 heteroatoms. The lowest BCUT2D eigenvalue weighted by Crippen LogP contribution is -2.45. The molecule has 0 aliphatic rings. The number of carbonyl (C=O) groups excluding carboxylic acids is 1. The van der Waals surface area contributed by atoms with Crippen molar-refractivity contribution in [1.82, 2.24) is 10.2 Å². The molecule has 1 rings (SSSR count). The number of sulfonamides is 1. The first-order valence-corrected chi connectivity index (χ1v) is 8.07. The first-order valence-electron chi connectivity index (χ1n) is 5.37. The third-order valence-electron chi connectivity index (χ3n) is 2.14. The van der Waals surface area contributed by atoms with Crippen molar-refractivity contribution in [1.29, 1.82) is 0 Å². The lowest BCUT2D eigenvalue weighted by molar-refractivity contribution is -0.119. The summed E-state index contributed by atoms with van der Waals surface area (Å²) in [7, 11) is -3.41. The van der Waals surface area contributed by atoms with Gasteiger partial charge >= 0.3 is 0 Å². The Bertz CT molecular complexity index is 566. The molecule has 0 radical (unpaired) electrons. The number of nitrogens with zero attached hydrogens (tertiary/aromatic N) is 2. The molecule has 1 amide bonds. The van der Waals surface area contributed by atoms with E-state index in [-0.39, 0.29) is 28.1 Å². The van der Waals surface area contributed by atoms with Crippen LogP contribution in [0.5, 0.6) is 0 Å². The molecule has 1 aromatic rings. The van der Waals surface area contributed by atoms with Crippen molar-refractivity contribution in [2.45, 2.75) is 26.8 Å². The van der Waals surface area contributed by atoms with Gasteiger partial charge in [-0.1, -0.05) is 32.1 Å². The van der Waals surface area contributed by atoms with Crippen LogP contribution in [0.15, 0.2) is 0 Å². The molecule has 0 aliphatic carbocycles. The predicted octanol–water partition coefficient (Wildman–Crippen LogP) is 0.643. The Hall–Kier alpha value is -0.970. The zero-order valence-electron chi connectivity index (χ0n) is 11.5. The maximum atomic E-state index is 11.8. The van der Waals surface area contributed by atoms with Crippen LogP contribution < -0.4 is 15.8 Å². The van der Waals surface area contributed by atoms with Gasteiger partial charge in [-0.2, -0.15) is 0 Å². The number of anilines is 2. The van der Waals surface area contributed by atoms with Crippen molar-refractivity contribution in [2.75, 3.05) is 16.3 Å². The van der Waals surface area contributed by atoms with E-state index >= 15 is 0 Å². The second kappa shape index (κ2) is 6.66. The fraction of sp³-hybridized carbons (Fsp3) is 0.667. The molecule has 1 heterocycles. The monoisotopic (exact) mass is 343 g/mol. The van der Waals surface area contributed by atoms with E-state index in [1.54, 1.807) is 0 Å². The number of rotatable bonds is 4. The van der Waals surface area contributed by atoms with E-state index in [0.717, 1.165) is 17.6 Å². The summed E-state index contributed by atoms with van der Waals surface area (Å²) in [5.41, 5.74) is 5.40. The van der Waals surface area contributed by atoms with Gasteiger partial charge in [-0.3, -0.25) is 14.8 Å². The van der Waals surface area contributed by atoms with Gasteiger partial charge in [-0.25, -0.2) is 8.42 Å². The third-order valence-corrected chi connectivity index (χ3v) is 3.59. The summed E-state index contributed by atoms with van der Waals surface area (Å²) in [5.74, 6) is -0.394. The van der Waals surface area contributed by atoms with Gasteiger partial charge < -0.3 is 5.73 Å². The summed E-state index contributed by atoms with van der Waals surface area (Å²) in [6.45, 7) is 5.52. The van der Waals surface area contributed by atoms with E-state index in [1.165, 1.54) is 0 Å². The van der Waals surface area contributed by atoms with Crippen molar-refractivity contribution in [3.63, 3.8) is 0 Å². The van der Waals surface area contributed by atoms with Crippen LogP contribution in [0.3, 0.4) is 0 Å². The molecule has 1 aromatic heterocycles. The predicted molar refractivity (Wildman–Crippen MR) is 81.7 cm³/mol. The van der Waals surface area contributed by atoms with Crippen LogP contribution in [0.1, 0.15) is 20.8 Å². The smallest absolute Gasteiger partial charge is 0.243 e. The summed E-state index contributed by atoms with van der Waals surface area (Å²) in [6, 6.07) is -0.706. The minimum absolute atomic E-state index is 0. The molecule has 4 N–H and O–H groups in total. The number of nitrogens with one attached hydrogen (secondary N) is 2. The quantitative estimate of drug-likeness (QED) is 0.736. The van der Waals surface area contributed by atoms with Crippen LogP contribution in [0.4, 0.5) is 10.3 Å². The summed E-state index contributed by atoms with van der Waals surface area (Å²) in [4.78, 5) is 11.8. The van der Waals surface area contributed by atoms with E-state index in [9.17, 15) is 13.2 Å². The Morgan fingerprint density at radius 1 is 1.30 bits per heavy atom. The summed E-state index contributed by atoms with van der Waals surface area (Å²) in [6.07, 6.45) is 1.00. The fourth-order valence-electron chi connectivity index (χ4n) is 1.05.